The highest BCUT2D eigenvalue weighted by atomic mass is 16.5. The second-order valence-corrected chi connectivity index (χ2v) is 7.98. The zero-order valence-electron chi connectivity index (χ0n) is 15.6. The number of nitrogens with zero attached hydrogens (tertiary/aromatic N) is 3. The lowest BCUT2D eigenvalue weighted by Crippen LogP contribution is -2.40. The van der Waals surface area contributed by atoms with Crippen LogP contribution in [-0.2, 0) is 16.8 Å². The summed E-state index contributed by atoms with van der Waals surface area (Å²) in [6.45, 7) is 13.5. The third-order valence-corrected chi connectivity index (χ3v) is 4.06. The van der Waals surface area contributed by atoms with Gasteiger partial charge in [0.25, 0.3) is 0 Å². The van der Waals surface area contributed by atoms with Crippen molar-refractivity contribution in [1.29, 1.82) is 0 Å². The van der Waals surface area contributed by atoms with Gasteiger partial charge in [0, 0.05) is 24.6 Å². The number of piperidine rings is 1. The number of likely N-dealkylation sites (tertiary alicyclic amines) is 1. The molecule has 1 aliphatic rings. The molecular weight excluding hydrogens is 304 g/mol. The summed E-state index contributed by atoms with van der Waals surface area (Å²) in [5.74, 6) is 1.90. The van der Waals surface area contributed by atoms with Gasteiger partial charge in [-0.25, -0.2) is 0 Å². The molecule has 1 saturated heterocycles. The van der Waals surface area contributed by atoms with Crippen LogP contribution in [0.5, 0.6) is 0 Å². The van der Waals surface area contributed by atoms with E-state index in [2.05, 4.69) is 41.1 Å². The minimum absolute atomic E-state index is 0.000102. The van der Waals surface area contributed by atoms with Crippen molar-refractivity contribution in [3.8, 4) is 0 Å². The molecular formula is C18H30N4O2. The maximum atomic E-state index is 11.7. The molecule has 1 fully saturated rings. The largest absolute Gasteiger partial charge is 0.352 e. The third-order valence-electron chi connectivity index (χ3n) is 4.06. The van der Waals surface area contributed by atoms with E-state index in [9.17, 15) is 4.79 Å². The topological polar surface area (TPSA) is 71.3 Å². The molecule has 134 valence electrons. The Morgan fingerprint density at radius 3 is 2.79 bits per heavy atom. The van der Waals surface area contributed by atoms with Gasteiger partial charge in [-0.1, -0.05) is 31.5 Å². The molecule has 1 amide bonds. The first-order valence-corrected chi connectivity index (χ1v) is 8.72. The van der Waals surface area contributed by atoms with Gasteiger partial charge in [0.05, 0.1) is 6.54 Å². The molecule has 1 aromatic heterocycles. The zero-order valence-corrected chi connectivity index (χ0v) is 15.6. The van der Waals surface area contributed by atoms with E-state index in [0.29, 0.717) is 18.4 Å². The van der Waals surface area contributed by atoms with Crippen LogP contribution in [0.15, 0.2) is 16.2 Å². The van der Waals surface area contributed by atoms with E-state index >= 15 is 0 Å². The molecule has 24 heavy (non-hydrogen) atoms. The highest BCUT2D eigenvalue weighted by Gasteiger charge is 2.24. The normalized spacial score (nSPS) is 19.1. The highest BCUT2D eigenvalue weighted by Crippen LogP contribution is 2.21. The molecule has 0 spiro atoms. The second kappa shape index (κ2) is 7.92. The number of amides is 1. The Bertz CT molecular complexity index is 582. The molecule has 1 N–H and O–H groups in total. The van der Waals surface area contributed by atoms with E-state index < -0.39 is 0 Å². The van der Waals surface area contributed by atoms with Gasteiger partial charge >= 0.3 is 0 Å². The fourth-order valence-electron chi connectivity index (χ4n) is 2.84. The lowest BCUT2D eigenvalue weighted by molar-refractivity contribution is -0.116. The maximum Gasteiger partial charge on any atom is 0.243 e. The molecule has 6 nitrogen and oxygen atoms in total. The summed E-state index contributed by atoms with van der Waals surface area (Å²) in [7, 11) is 0. The van der Waals surface area contributed by atoms with Crippen LogP contribution in [0, 0.1) is 5.92 Å². The number of allylic oxidation sites excluding steroid dienone is 1. The Morgan fingerprint density at radius 1 is 1.42 bits per heavy atom. The predicted octanol–water partition coefficient (Wildman–Crippen LogP) is 2.66. The Morgan fingerprint density at radius 2 is 2.17 bits per heavy atom. The summed E-state index contributed by atoms with van der Waals surface area (Å²) < 4.78 is 5.36. The van der Waals surface area contributed by atoms with Crippen molar-refractivity contribution in [2.24, 2.45) is 5.92 Å². The van der Waals surface area contributed by atoms with E-state index in [0.717, 1.165) is 43.9 Å². The van der Waals surface area contributed by atoms with Crippen LogP contribution in [0.1, 0.15) is 59.2 Å². The van der Waals surface area contributed by atoms with Crippen molar-refractivity contribution < 1.29 is 9.32 Å². The summed E-state index contributed by atoms with van der Waals surface area (Å²) in [4.78, 5) is 18.6. The number of carbonyl (C=O) groups is 1. The summed E-state index contributed by atoms with van der Waals surface area (Å²) in [6.07, 6.45) is 3.92. The summed E-state index contributed by atoms with van der Waals surface area (Å²) >= 11 is 0. The Kier molecular flexibility index (Phi) is 6.15. The molecule has 1 aliphatic heterocycles. The molecule has 0 saturated carbocycles. The quantitative estimate of drug-likeness (QED) is 0.838. The van der Waals surface area contributed by atoms with E-state index in [-0.39, 0.29) is 11.3 Å². The molecule has 2 rings (SSSR count). The van der Waals surface area contributed by atoms with Gasteiger partial charge in [-0.05, 0) is 39.2 Å². The number of carbonyl (C=O) groups excluding carboxylic acids is 1. The van der Waals surface area contributed by atoms with Crippen LogP contribution in [0.4, 0.5) is 0 Å². The van der Waals surface area contributed by atoms with E-state index in [1.54, 1.807) is 6.08 Å². The lowest BCUT2D eigenvalue weighted by atomic mass is 9.97. The van der Waals surface area contributed by atoms with Crippen LogP contribution in [0.3, 0.4) is 0 Å². The first kappa shape index (κ1) is 18.6. The molecule has 0 aromatic carbocycles. The van der Waals surface area contributed by atoms with E-state index in [1.165, 1.54) is 0 Å². The fourth-order valence-corrected chi connectivity index (χ4v) is 2.84. The van der Waals surface area contributed by atoms with Crippen molar-refractivity contribution in [1.82, 2.24) is 20.4 Å². The second-order valence-electron chi connectivity index (χ2n) is 7.98. The Labute approximate surface area is 144 Å². The number of hydrogen-bond donors (Lipinski definition) is 1. The van der Waals surface area contributed by atoms with Crippen molar-refractivity contribution in [3.05, 3.63) is 23.4 Å². The first-order chi connectivity index (χ1) is 11.2. The van der Waals surface area contributed by atoms with Gasteiger partial charge in [-0.15, -0.1) is 0 Å². The van der Waals surface area contributed by atoms with Crippen molar-refractivity contribution in [2.75, 3.05) is 19.6 Å². The number of hydrogen-bond acceptors (Lipinski definition) is 5. The highest BCUT2D eigenvalue weighted by molar-refractivity contribution is 5.87. The molecule has 6 heteroatoms. The zero-order chi connectivity index (χ0) is 17.7. The summed E-state index contributed by atoms with van der Waals surface area (Å²) in [5.41, 5.74) is 0.898. The van der Waals surface area contributed by atoms with Crippen LogP contribution in [0.2, 0.25) is 0 Å². The smallest absolute Gasteiger partial charge is 0.243 e. The van der Waals surface area contributed by atoms with Crippen LogP contribution in [-0.4, -0.2) is 40.6 Å². The molecule has 0 aliphatic carbocycles. The molecule has 0 radical (unpaired) electrons. The molecule has 0 bridgehead atoms. The standard InChI is InChI=1S/C18H30N4O2/c1-13(2)9-16(23)19-10-14-7-6-8-22(11-14)12-15-20-17(24-21-15)18(3,4)5/h9,14H,6-8,10-12H2,1-5H3,(H,19,23)/t14-/m1/s1. The SMILES string of the molecule is CC(C)=CC(=O)NC[C@H]1CCCN(Cc2noc(C(C)(C)C)n2)C1. The van der Waals surface area contributed by atoms with Gasteiger partial charge in [0.2, 0.25) is 11.8 Å². The maximum absolute atomic E-state index is 11.7. The van der Waals surface area contributed by atoms with Gasteiger partial charge in [0.15, 0.2) is 5.82 Å². The van der Waals surface area contributed by atoms with E-state index in [4.69, 9.17) is 4.52 Å². The van der Waals surface area contributed by atoms with Gasteiger partial charge < -0.3 is 9.84 Å². The Hall–Kier alpha value is -1.69. The van der Waals surface area contributed by atoms with Crippen molar-refractivity contribution >= 4 is 5.91 Å². The predicted molar refractivity (Wildman–Crippen MR) is 93.4 cm³/mol. The molecule has 1 aromatic rings. The van der Waals surface area contributed by atoms with Gasteiger partial charge in [0.1, 0.15) is 0 Å². The average Bonchev–Trinajstić information content (AvgIpc) is 2.93. The number of nitrogens with one attached hydrogen (secondary N) is 1. The van der Waals surface area contributed by atoms with Crippen molar-refractivity contribution in [3.63, 3.8) is 0 Å². The van der Waals surface area contributed by atoms with Crippen LogP contribution >= 0.6 is 0 Å². The molecule has 0 unspecified atom stereocenters. The van der Waals surface area contributed by atoms with Crippen LogP contribution in [0.25, 0.3) is 0 Å². The van der Waals surface area contributed by atoms with E-state index in [1.807, 2.05) is 13.8 Å². The van der Waals surface area contributed by atoms with Crippen LogP contribution < -0.4 is 5.32 Å². The minimum atomic E-state index is -0.120. The third kappa shape index (κ3) is 5.74. The summed E-state index contributed by atoms with van der Waals surface area (Å²) in [5, 5.41) is 7.10. The monoisotopic (exact) mass is 334 g/mol. The Balaban J connectivity index is 1.83. The molecule has 1 atom stereocenters. The van der Waals surface area contributed by atoms with Gasteiger partial charge in [-0.3, -0.25) is 9.69 Å². The fraction of sp³-hybridized carbons (Fsp3) is 0.722. The number of rotatable bonds is 5. The average molecular weight is 334 g/mol. The van der Waals surface area contributed by atoms with Crippen molar-refractivity contribution in [2.45, 2.75) is 59.4 Å². The number of aromatic nitrogens is 2. The summed E-state index contributed by atoms with van der Waals surface area (Å²) in [6, 6.07) is 0. The van der Waals surface area contributed by atoms with Gasteiger partial charge in [-0.2, -0.15) is 4.98 Å². The minimum Gasteiger partial charge on any atom is -0.352 e. The first-order valence-electron chi connectivity index (χ1n) is 8.72. The molecule has 2 heterocycles. The lowest BCUT2D eigenvalue weighted by Gasteiger charge is -2.31.